The summed E-state index contributed by atoms with van der Waals surface area (Å²) >= 11 is 0. The molecule has 2 aromatic carbocycles. The third-order valence-corrected chi connectivity index (χ3v) is 6.58. The Morgan fingerprint density at radius 1 is 1.09 bits per heavy atom. The normalized spacial score (nSPS) is 13.9. The van der Waals surface area contributed by atoms with Crippen molar-refractivity contribution < 1.29 is 22.7 Å². The number of hydrogen-bond acceptors (Lipinski definition) is 6. The van der Waals surface area contributed by atoms with Gasteiger partial charge in [0.2, 0.25) is 0 Å². The average molecular weight is 473 g/mol. The molecule has 1 saturated heterocycles. The monoisotopic (exact) mass is 472 g/mol. The number of nitrogens with zero attached hydrogens (tertiary/aromatic N) is 2. The molecule has 2 amide bonds. The minimum atomic E-state index is -3.87. The van der Waals surface area contributed by atoms with Crippen molar-refractivity contribution in [2.45, 2.75) is 38.5 Å². The molecule has 1 aliphatic heterocycles. The van der Waals surface area contributed by atoms with Crippen LogP contribution >= 0.6 is 0 Å². The molecule has 1 aliphatic rings. The highest BCUT2D eigenvalue weighted by molar-refractivity contribution is 7.92. The van der Waals surface area contributed by atoms with Gasteiger partial charge in [-0.15, -0.1) is 0 Å². The number of sulfonamides is 1. The molecule has 0 saturated carbocycles. The van der Waals surface area contributed by atoms with Crippen molar-refractivity contribution in [3.63, 3.8) is 0 Å². The molecule has 0 bridgehead atoms. The molecule has 2 N–H and O–H groups in total. The van der Waals surface area contributed by atoms with E-state index in [1.54, 1.807) is 17.9 Å². The van der Waals surface area contributed by atoms with Gasteiger partial charge in [-0.2, -0.15) is 5.10 Å². The predicted molar refractivity (Wildman–Crippen MR) is 126 cm³/mol. The van der Waals surface area contributed by atoms with Crippen LogP contribution in [0, 0.1) is 13.8 Å². The second-order valence-electron chi connectivity index (χ2n) is 7.76. The Bertz CT molecular complexity index is 1170. The number of ether oxygens (including phenoxy) is 1. The predicted octanol–water partition coefficient (Wildman–Crippen LogP) is 3.44. The van der Waals surface area contributed by atoms with Gasteiger partial charge in [-0.25, -0.2) is 18.6 Å². The van der Waals surface area contributed by atoms with Crippen molar-refractivity contribution in [1.82, 2.24) is 10.3 Å². The van der Waals surface area contributed by atoms with Crippen molar-refractivity contribution in [3.8, 4) is 0 Å². The lowest BCUT2D eigenvalue weighted by Gasteiger charge is -2.26. The summed E-state index contributed by atoms with van der Waals surface area (Å²) in [4.78, 5) is 25.9. The van der Waals surface area contributed by atoms with Crippen LogP contribution in [0.5, 0.6) is 0 Å². The minimum Gasteiger partial charge on any atom is -0.450 e. The van der Waals surface area contributed by atoms with Gasteiger partial charge in [-0.05, 0) is 50.6 Å². The molecule has 0 unspecified atom stereocenters. The van der Waals surface area contributed by atoms with Gasteiger partial charge in [0, 0.05) is 37.2 Å². The van der Waals surface area contributed by atoms with E-state index >= 15 is 0 Å². The van der Waals surface area contributed by atoms with Gasteiger partial charge < -0.3 is 9.64 Å². The van der Waals surface area contributed by atoms with Crippen LogP contribution in [0.15, 0.2) is 52.5 Å². The summed E-state index contributed by atoms with van der Waals surface area (Å²) in [5.74, 6) is -0.515. The maximum atomic E-state index is 12.8. The first-order valence-electron chi connectivity index (χ1n) is 10.7. The molecule has 33 heavy (non-hydrogen) atoms. The maximum Gasteiger partial charge on any atom is 0.409 e. The standard InChI is InChI=1S/C23H28N4O5S/c1-4-32-23(29)27-12-10-19(11-13-27)24-25-22(28)18-6-5-7-20(15-18)33(30,31)26-21-9-8-16(2)14-17(21)3/h5-9,14-15,26H,4,10-13H2,1-3H3,(H,25,28). The molecule has 0 spiro atoms. The highest BCUT2D eigenvalue weighted by Crippen LogP contribution is 2.21. The second-order valence-corrected chi connectivity index (χ2v) is 9.44. The fourth-order valence-corrected chi connectivity index (χ4v) is 4.58. The van der Waals surface area contributed by atoms with Crippen LogP contribution < -0.4 is 10.1 Å². The zero-order valence-corrected chi connectivity index (χ0v) is 19.7. The Kier molecular flexibility index (Phi) is 7.70. The molecule has 9 nitrogen and oxygen atoms in total. The number of carbonyl (C=O) groups excluding carboxylic acids is 2. The smallest absolute Gasteiger partial charge is 0.409 e. The summed E-state index contributed by atoms with van der Waals surface area (Å²) in [5, 5.41) is 4.15. The fraction of sp³-hybridized carbons (Fsp3) is 0.348. The van der Waals surface area contributed by atoms with Crippen molar-refractivity contribution in [2.24, 2.45) is 5.10 Å². The van der Waals surface area contributed by atoms with Crippen LogP contribution in [0.25, 0.3) is 0 Å². The Labute approximate surface area is 193 Å². The molecule has 176 valence electrons. The zero-order chi connectivity index (χ0) is 24.0. The SMILES string of the molecule is CCOC(=O)N1CCC(=NNC(=O)c2cccc(S(=O)(=O)Nc3ccc(C)cc3C)c2)CC1. The first-order valence-corrected chi connectivity index (χ1v) is 12.2. The van der Waals surface area contributed by atoms with Gasteiger partial charge in [-0.3, -0.25) is 9.52 Å². The van der Waals surface area contributed by atoms with E-state index in [1.165, 1.54) is 24.3 Å². The topological polar surface area (TPSA) is 117 Å². The summed E-state index contributed by atoms with van der Waals surface area (Å²) in [6, 6.07) is 11.2. The first kappa shape index (κ1) is 24.2. The van der Waals surface area contributed by atoms with E-state index < -0.39 is 15.9 Å². The number of rotatable bonds is 6. The molecular weight excluding hydrogens is 444 g/mol. The molecule has 0 aromatic heterocycles. The van der Waals surface area contributed by atoms with Crippen LogP contribution in [0.2, 0.25) is 0 Å². The average Bonchev–Trinajstić information content (AvgIpc) is 2.80. The molecule has 10 heteroatoms. The summed E-state index contributed by atoms with van der Waals surface area (Å²) in [7, 11) is -3.87. The van der Waals surface area contributed by atoms with E-state index in [4.69, 9.17) is 4.74 Å². The van der Waals surface area contributed by atoms with Crippen LogP contribution in [0.1, 0.15) is 41.3 Å². The Morgan fingerprint density at radius 3 is 2.48 bits per heavy atom. The number of piperidine rings is 1. The van der Waals surface area contributed by atoms with Crippen LogP contribution in [0.4, 0.5) is 10.5 Å². The van der Waals surface area contributed by atoms with E-state index in [-0.39, 0.29) is 16.6 Å². The second kappa shape index (κ2) is 10.5. The molecule has 0 atom stereocenters. The first-order chi connectivity index (χ1) is 15.7. The zero-order valence-electron chi connectivity index (χ0n) is 18.9. The number of amides is 2. The maximum absolute atomic E-state index is 12.8. The van der Waals surface area contributed by atoms with Gasteiger partial charge in [0.15, 0.2) is 0 Å². The van der Waals surface area contributed by atoms with Crippen molar-refractivity contribution in [1.29, 1.82) is 0 Å². The molecule has 2 aromatic rings. The largest absolute Gasteiger partial charge is 0.450 e. The number of aryl methyl sites for hydroxylation is 2. The van der Waals surface area contributed by atoms with E-state index in [1.807, 2.05) is 26.0 Å². The number of benzene rings is 2. The third-order valence-electron chi connectivity index (χ3n) is 5.21. The van der Waals surface area contributed by atoms with Gasteiger partial charge in [0.25, 0.3) is 15.9 Å². The van der Waals surface area contributed by atoms with E-state index in [2.05, 4.69) is 15.2 Å². The Balaban J connectivity index is 1.65. The van der Waals surface area contributed by atoms with Gasteiger partial charge in [0.05, 0.1) is 17.2 Å². The lowest BCUT2D eigenvalue weighted by molar-refractivity contribution is 0.0951. The fourth-order valence-electron chi connectivity index (χ4n) is 3.40. The summed E-state index contributed by atoms with van der Waals surface area (Å²) in [6.45, 7) is 6.76. The minimum absolute atomic E-state index is 0.0227. The molecule has 0 radical (unpaired) electrons. The number of carbonyl (C=O) groups is 2. The highest BCUT2D eigenvalue weighted by Gasteiger charge is 2.21. The van der Waals surface area contributed by atoms with Gasteiger partial charge in [-0.1, -0.05) is 23.8 Å². The summed E-state index contributed by atoms with van der Waals surface area (Å²) in [6.07, 6.45) is 0.689. The lowest BCUT2D eigenvalue weighted by Crippen LogP contribution is -2.39. The van der Waals surface area contributed by atoms with Crippen LogP contribution in [-0.2, 0) is 14.8 Å². The van der Waals surface area contributed by atoms with E-state index in [9.17, 15) is 18.0 Å². The van der Waals surface area contributed by atoms with Crippen molar-refractivity contribution in [3.05, 3.63) is 59.2 Å². The van der Waals surface area contributed by atoms with E-state index in [0.717, 1.165) is 16.8 Å². The summed E-state index contributed by atoms with van der Waals surface area (Å²) in [5.41, 5.74) is 5.72. The summed E-state index contributed by atoms with van der Waals surface area (Å²) < 4.78 is 33.2. The van der Waals surface area contributed by atoms with Gasteiger partial charge in [0.1, 0.15) is 0 Å². The number of hydrogen-bond donors (Lipinski definition) is 2. The third kappa shape index (κ3) is 6.32. The Morgan fingerprint density at radius 2 is 1.82 bits per heavy atom. The van der Waals surface area contributed by atoms with Crippen molar-refractivity contribution in [2.75, 3.05) is 24.4 Å². The number of hydrazone groups is 1. The van der Waals surface area contributed by atoms with Crippen molar-refractivity contribution >= 4 is 33.4 Å². The number of anilines is 1. The lowest BCUT2D eigenvalue weighted by atomic mass is 10.1. The molecule has 1 heterocycles. The van der Waals surface area contributed by atoms with Crippen LogP contribution in [-0.4, -0.2) is 50.7 Å². The van der Waals surface area contributed by atoms with E-state index in [0.29, 0.717) is 38.2 Å². The molecular formula is C23H28N4O5S. The molecule has 0 aliphatic carbocycles. The molecule has 1 fully saturated rings. The van der Waals surface area contributed by atoms with Crippen LogP contribution in [0.3, 0.4) is 0 Å². The highest BCUT2D eigenvalue weighted by atomic mass is 32.2. The Hall–Kier alpha value is -3.40. The number of likely N-dealkylation sites (tertiary alicyclic amines) is 1. The quantitative estimate of drug-likeness (QED) is 0.625. The number of nitrogens with one attached hydrogen (secondary N) is 2. The molecule has 3 rings (SSSR count). The van der Waals surface area contributed by atoms with Gasteiger partial charge >= 0.3 is 6.09 Å².